The van der Waals surface area contributed by atoms with Gasteiger partial charge >= 0.3 is 5.97 Å². The van der Waals surface area contributed by atoms with Crippen molar-refractivity contribution in [2.45, 2.75) is 0 Å². The predicted molar refractivity (Wildman–Crippen MR) is 93.4 cm³/mol. The second kappa shape index (κ2) is 7.82. The van der Waals surface area contributed by atoms with Gasteiger partial charge in [-0.1, -0.05) is 0 Å². The average Bonchev–Trinajstić information content (AvgIpc) is 3.17. The van der Waals surface area contributed by atoms with Crippen LogP contribution in [0.2, 0.25) is 0 Å². The lowest BCUT2D eigenvalue weighted by Crippen LogP contribution is -2.16. The van der Waals surface area contributed by atoms with Gasteiger partial charge in [0, 0.05) is 12.1 Å². The van der Waals surface area contributed by atoms with Crippen LogP contribution in [0.5, 0.6) is 23.0 Å². The minimum atomic E-state index is -1.04. The van der Waals surface area contributed by atoms with Crippen LogP contribution in [0.25, 0.3) is 0 Å². The first-order chi connectivity index (χ1) is 13.4. The number of nitro benzene ring substituents is 1. The molecule has 0 amide bonds. The minimum absolute atomic E-state index is 0.110. The number of hydrogen-bond acceptors (Lipinski definition) is 9. The molecule has 2 aromatic carbocycles. The molecule has 0 spiro atoms. The highest BCUT2D eigenvalue weighted by atomic mass is 16.7. The van der Waals surface area contributed by atoms with E-state index in [-0.39, 0.29) is 35.2 Å². The summed E-state index contributed by atoms with van der Waals surface area (Å²) in [5, 5.41) is 11.2. The van der Waals surface area contributed by atoms with Crippen molar-refractivity contribution in [1.29, 1.82) is 0 Å². The van der Waals surface area contributed by atoms with Crippen LogP contribution in [0.4, 0.5) is 5.69 Å². The fourth-order valence-electron chi connectivity index (χ4n) is 2.56. The molecule has 146 valence electrons. The Morgan fingerprint density at radius 2 is 1.79 bits per heavy atom. The summed E-state index contributed by atoms with van der Waals surface area (Å²) < 4.78 is 25.4. The number of nitrogens with zero attached hydrogens (tertiary/aromatic N) is 1. The third kappa shape index (κ3) is 3.65. The Morgan fingerprint density at radius 3 is 2.43 bits per heavy atom. The molecule has 1 aliphatic rings. The number of Topliss-reactive ketones (excluding diaryl/α,β-unsaturated/α-hetero) is 1. The van der Waals surface area contributed by atoms with Crippen LogP contribution in [-0.2, 0) is 4.74 Å². The standard InChI is InChI=1S/C18H15NO9/c1-24-10-3-4-11(15(5-10)25-2)14(20)8-26-18(21)12-6-16-17(28-9-27-16)7-13(12)19(22)23/h3-7H,8-9H2,1-2H3. The molecule has 0 radical (unpaired) electrons. The van der Waals surface area contributed by atoms with E-state index in [2.05, 4.69) is 0 Å². The fourth-order valence-corrected chi connectivity index (χ4v) is 2.56. The van der Waals surface area contributed by atoms with Crippen molar-refractivity contribution in [3.05, 3.63) is 51.6 Å². The van der Waals surface area contributed by atoms with Crippen molar-refractivity contribution in [3.63, 3.8) is 0 Å². The molecular weight excluding hydrogens is 374 g/mol. The van der Waals surface area contributed by atoms with E-state index in [1.54, 1.807) is 6.07 Å². The van der Waals surface area contributed by atoms with Gasteiger partial charge in [-0.05, 0) is 12.1 Å². The van der Waals surface area contributed by atoms with Gasteiger partial charge in [0.15, 0.2) is 18.1 Å². The summed E-state index contributed by atoms with van der Waals surface area (Å²) in [5.74, 6) is -0.513. The van der Waals surface area contributed by atoms with Crippen LogP contribution in [0.1, 0.15) is 20.7 Å². The number of nitro groups is 1. The number of hydrogen-bond donors (Lipinski definition) is 0. The number of fused-ring (bicyclic) bond motifs is 1. The molecule has 10 nitrogen and oxygen atoms in total. The van der Waals surface area contributed by atoms with Gasteiger partial charge in [0.1, 0.15) is 17.1 Å². The van der Waals surface area contributed by atoms with E-state index in [4.69, 9.17) is 23.7 Å². The van der Waals surface area contributed by atoms with E-state index < -0.39 is 29.0 Å². The SMILES string of the molecule is COc1ccc(C(=O)COC(=O)c2cc3c(cc2[N+](=O)[O-])OCO3)c(OC)c1. The molecule has 0 saturated carbocycles. The Labute approximate surface area is 158 Å². The molecular formula is C18H15NO9. The third-order valence-electron chi connectivity index (χ3n) is 3.95. The number of ketones is 1. The lowest BCUT2D eigenvalue weighted by Gasteiger charge is -2.10. The Balaban J connectivity index is 1.78. The van der Waals surface area contributed by atoms with Crippen molar-refractivity contribution in [2.24, 2.45) is 0 Å². The topological polar surface area (TPSA) is 123 Å². The summed E-state index contributed by atoms with van der Waals surface area (Å²) in [6.45, 7) is -0.742. The van der Waals surface area contributed by atoms with E-state index in [1.165, 1.54) is 26.4 Å². The summed E-state index contributed by atoms with van der Waals surface area (Å²) >= 11 is 0. The molecule has 0 aromatic heterocycles. The van der Waals surface area contributed by atoms with Crippen molar-refractivity contribution in [2.75, 3.05) is 27.6 Å². The Hall–Kier alpha value is -3.82. The van der Waals surface area contributed by atoms with Crippen molar-refractivity contribution < 1.29 is 38.2 Å². The van der Waals surface area contributed by atoms with Crippen LogP contribution in [0.15, 0.2) is 30.3 Å². The zero-order chi connectivity index (χ0) is 20.3. The predicted octanol–water partition coefficient (Wildman–Crippen LogP) is 2.38. The Morgan fingerprint density at radius 1 is 1.07 bits per heavy atom. The van der Waals surface area contributed by atoms with Crippen LogP contribution in [-0.4, -0.2) is 44.3 Å². The lowest BCUT2D eigenvalue weighted by molar-refractivity contribution is -0.385. The minimum Gasteiger partial charge on any atom is -0.497 e. The van der Waals surface area contributed by atoms with Crippen molar-refractivity contribution >= 4 is 17.4 Å². The van der Waals surface area contributed by atoms with E-state index in [0.717, 1.165) is 12.1 Å². The molecule has 0 aliphatic carbocycles. The first-order valence-electron chi connectivity index (χ1n) is 7.95. The quantitative estimate of drug-likeness (QED) is 0.304. The maximum absolute atomic E-state index is 12.4. The molecule has 0 saturated heterocycles. The van der Waals surface area contributed by atoms with Gasteiger partial charge in [0.2, 0.25) is 12.6 Å². The van der Waals surface area contributed by atoms with Gasteiger partial charge in [-0.25, -0.2) is 4.79 Å². The third-order valence-corrected chi connectivity index (χ3v) is 3.95. The second-order valence-electron chi connectivity index (χ2n) is 5.55. The monoisotopic (exact) mass is 389 g/mol. The van der Waals surface area contributed by atoms with Gasteiger partial charge in [0.05, 0.1) is 30.8 Å². The summed E-state index contributed by atoms with van der Waals surface area (Å²) in [6, 6.07) is 6.77. The summed E-state index contributed by atoms with van der Waals surface area (Å²) in [6.07, 6.45) is 0. The zero-order valence-corrected chi connectivity index (χ0v) is 14.9. The highest BCUT2D eigenvalue weighted by Gasteiger charge is 2.28. The van der Waals surface area contributed by atoms with Crippen LogP contribution in [0, 0.1) is 10.1 Å². The van der Waals surface area contributed by atoms with Crippen molar-refractivity contribution in [1.82, 2.24) is 0 Å². The summed E-state index contributed by atoms with van der Waals surface area (Å²) in [7, 11) is 2.85. The highest BCUT2D eigenvalue weighted by Crippen LogP contribution is 2.38. The number of esters is 1. The molecule has 0 atom stereocenters. The number of rotatable bonds is 7. The molecule has 3 rings (SSSR count). The largest absolute Gasteiger partial charge is 0.497 e. The normalized spacial score (nSPS) is 11.6. The molecule has 28 heavy (non-hydrogen) atoms. The number of methoxy groups -OCH3 is 2. The molecule has 0 unspecified atom stereocenters. The maximum atomic E-state index is 12.4. The molecule has 2 aromatic rings. The smallest absolute Gasteiger partial charge is 0.345 e. The molecule has 0 fully saturated rings. The van der Waals surface area contributed by atoms with E-state index in [9.17, 15) is 19.7 Å². The van der Waals surface area contributed by atoms with Gasteiger partial charge < -0.3 is 23.7 Å². The second-order valence-corrected chi connectivity index (χ2v) is 5.55. The van der Waals surface area contributed by atoms with Gasteiger partial charge in [-0.2, -0.15) is 0 Å². The molecule has 1 heterocycles. The van der Waals surface area contributed by atoms with E-state index in [1.807, 2.05) is 0 Å². The highest BCUT2D eigenvalue weighted by molar-refractivity contribution is 6.02. The molecule has 1 aliphatic heterocycles. The zero-order valence-electron chi connectivity index (χ0n) is 14.9. The summed E-state index contributed by atoms with van der Waals surface area (Å²) in [4.78, 5) is 35.2. The fraction of sp³-hybridized carbons (Fsp3) is 0.222. The number of carbonyl (C=O) groups excluding carboxylic acids is 2. The molecule has 10 heteroatoms. The first kappa shape index (κ1) is 19.0. The van der Waals surface area contributed by atoms with E-state index >= 15 is 0 Å². The maximum Gasteiger partial charge on any atom is 0.345 e. The Kier molecular flexibility index (Phi) is 5.30. The van der Waals surface area contributed by atoms with Gasteiger partial charge in [-0.3, -0.25) is 14.9 Å². The molecule has 0 bridgehead atoms. The average molecular weight is 389 g/mol. The van der Waals surface area contributed by atoms with Crippen molar-refractivity contribution in [3.8, 4) is 23.0 Å². The van der Waals surface area contributed by atoms with Gasteiger partial charge in [-0.15, -0.1) is 0 Å². The number of ether oxygens (including phenoxy) is 5. The van der Waals surface area contributed by atoms with Crippen LogP contribution < -0.4 is 18.9 Å². The van der Waals surface area contributed by atoms with E-state index in [0.29, 0.717) is 5.75 Å². The summed E-state index contributed by atoms with van der Waals surface area (Å²) in [5.41, 5.74) is -0.677. The number of carbonyl (C=O) groups is 2. The molecule has 0 N–H and O–H groups in total. The number of benzene rings is 2. The van der Waals surface area contributed by atoms with Crippen LogP contribution >= 0.6 is 0 Å². The Bertz CT molecular complexity index is 954. The van der Waals surface area contributed by atoms with Gasteiger partial charge in [0.25, 0.3) is 5.69 Å². The first-order valence-corrected chi connectivity index (χ1v) is 7.95. The van der Waals surface area contributed by atoms with Crippen LogP contribution in [0.3, 0.4) is 0 Å². The lowest BCUT2D eigenvalue weighted by atomic mass is 10.1.